The molecule has 0 spiro atoms. The molecular formula is C18H23ClN2O4. The topological polar surface area (TPSA) is 67.9 Å². The number of hydrogen-bond acceptors (Lipinski definition) is 4. The Morgan fingerprint density at radius 2 is 2.04 bits per heavy atom. The second-order valence-corrected chi connectivity index (χ2v) is 6.22. The van der Waals surface area contributed by atoms with Gasteiger partial charge >= 0.3 is 6.03 Å². The first-order chi connectivity index (χ1) is 11.9. The lowest BCUT2D eigenvalue weighted by molar-refractivity contribution is -0.122. The lowest BCUT2D eigenvalue weighted by Gasteiger charge is -2.17. The van der Waals surface area contributed by atoms with E-state index in [1.165, 1.54) is 12.0 Å². The number of imide groups is 1. The first kappa shape index (κ1) is 19.1. The van der Waals surface area contributed by atoms with Crippen molar-refractivity contribution in [1.29, 1.82) is 0 Å². The number of rotatable bonds is 7. The Bertz CT molecular complexity index is 703. The molecule has 0 aromatic heterocycles. The maximum Gasteiger partial charge on any atom is 0.329 e. The van der Waals surface area contributed by atoms with Crippen molar-refractivity contribution in [2.45, 2.75) is 39.7 Å². The summed E-state index contributed by atoms with van der Waals surface area (Å²) >= 11 is 6.33. The van der Waals surface area contributed by atoms with Gasteiger partial charge in [-0.05, 0) is 43.5 Å². The molecule has 1 saturated heterocycles. The van der Waals surface area contributed by atoms with E-state index in [-0.39, 0.29) is 17.7 Å². The molecule has 1 aliphatic rings. The molecule has 3 amide bonds. The zero-order valence-electron chi connectivity index (χ0n) is 14.9. The van der Waals surface area contributed by atoms with Crippen molar-refractivity contribution < 1.29 is 19.1 Å². The van der Waals surface area contributed by atoms with E-state index >= 15 is 0 Å². The van der Waals surface area contributed by atoms with Crippen LogP contribution >= 0.6 is 11.6 Å². The minimum Gasteiger partial charge on any atom is -0.493 e. The van der Waals surface area contributed by atoms with Crippen LogP contribution in [0.15, 0.2) is 17.8 Å². The molecule has 1 aliphatic heterocycles. The van der Waals surface area contributed by atoms with Gasteiger partial charge in [0.25, 0.3) is 5.91 Å². The highest BCUT2D eigenvalue weighted by molar-refractivity contribution is 6.32. The fourth-order valence-corrected chi connectivity index (χ4v) is 2.65. The Hall–Kier alpha value is -2.21. The number of urea groups is 1. The Kier molecular flexibility index (Phi) is 6.31. The predicted molar refractivity (Wildman–Crippen MR) is 96.9 cm³/mol. The Balaban J connectivity index is 2.33. The number of hydrogen-bond donors (Lipinski definition) is 1. The van der Waals surface area contributed by atoms with E-state index < -0.39 is 6.03 Å². The standard InChI is InChI=1S/C18H23ClN2O4/c1-5-7-21-17(22)14(20-18(21)23)9-12-8-13(19)16(15(10-12)24-4)25-11(3)6-2/h8-11H,5-7H2,1-4H3,(H,20,23)/b14-9+/t11-/m1/s1. The zero-order valence-corrected chi connectivity index (χ0v) is 15.6. The Labute approximate surface area is 152 Å². The molecule has 1 atom stereocenters. The highest BCUT2D eigenvalue weighted by Crippen LogP contribution is 2.38. The molecule has 0 aliphatic carbocycles. The van der Waals surface area contributed by atoms with Crippen LogP contribution < -0.4 is 14.8 Å². The smallest absolute Gasteiger partial charge is 0.329 e. The molecule has 0 unspecified atom stereocenters. The molecule has 1 heterocycles. The van der Waals surface area contributed by atoms with Crippen LogP contribution in [-0.2, 0) is 4.79 Å². The first-order valence-corrected chi connectivity index (χ1v) is 8.67. The third kappa shape index (κ3) is 4.25. The van der Waals surface area contributed by atoms with Gasteiger partial charge in [0.2, 0.25) is 0 Å². The third-order valence-electron chi connectivity index (χ3n) is 3.87. The maximum absolute atomic E-state index is 12.3. The van der Waals surface area contributed by atoms with Gasteiger partial charge in [0.15, 0.2) is 11.5 Å². The van der Waals surface area contributed by atoms with Crippen LogP contribution in [0.3, 0.4) is 0 Å². The minimum absolute atomic E-state index is 0.00564. The largest absolute Gasteiger partial charge is 0.493 e. The second kappa shape index (κ2) is 8.25. The molecule has 0 radical (unpaired) electrons. The molecule has 136 valence electrons. The first-order valence-electron chi connectivity index (χ1n) is 8.29. The number of ether oxygens (including phenoxy) is 2. The van der Waals surface area contributed by atoms with Gasteiger partial charge in [0.1, 0.15) is 5.70 Å². The van der Waals surface area contributed by atoms with Crippen molar-refractivity contribution in [3.05, 3.63) is 28.4 Å². The van der Waals surface area contributed by atoms with E-state index in [0.29, 0.717) is 35.1 Å². The van der Waals surface area contributed by atoms with Gasteiger partial charge in [0, 0.05) is 6.54 Å². The summed E-state index contributed by atoms with van der Waals surface area (Å²) in [5, 5.41) is 2.97. The van der Waals surface area contributed by atoms with Crippen LogP contribution in [0.4, 0.5) is 4.79 Å². The van der Waals surface area contributed by atoms with Gasteiger partial charge < -0.3 is 14.8 Å². The highest BCUT2D eigenvalue weighted by Gasteiger charge is 2.32. The van der Waals surface area contributed by atoms with Crippen LogP contribution in [0, 0.1) is 0 Å². The van der Waals surface area contributed by atoms with Gasteiger partial charge in [-0.15, -0.1) is 0 Å². The van der Waals surface area contributed by atoms with E-state index in [1.54, 1.807) is 18.2 Å². The van der Waals surface area contributed by atoms with E-state index in [4.69, 9.17) is 21.1 Å². The normalized spacial score (nSPS) is 17.0. The number of nitrogens with zero attached hydrogens (tertiary/aromatic N) is 1. The monoisotopic (exact) mass is 366 g/mol. The minimum atomic E-state index is -0.409. The molecule has 1 aromatic rings. The summed E-state index contributed by atoms with van der Waals surface area (Å²) in [6.07, 6.45) is 3.11. The van der Waals surface area contributed by atoms with Gasteiger partial charge in [0.05, 0.1) is 18.2 Å². The third-order valence-corrected chi connectivity index (χ3v) is 4.15. The van der Waals surface area contributed by atoms with Crippen LogP contribution in [-0.4, -0.2) is 36.6 Å². The number of benzene rings is 1. The average Bonchev–Trinajstić information content (AvgIpc) is 2.84. The van der Waals surface area contributed by atoms with E-state index in [0.717, 1.165) is 6.42 Å². The molecule has 1 fully saturated rings. The van der Waals surface area contributed by atoms with Crippen molar-refractivity contribution in [1.82, 2.24) is 10.2 Å². The van der Waals surface area contributed by atoms with E-state index in [1.807, 2.05) is 20.8 Å². The van der Waals surface area contributed by atoms with Crippen LogP contribution in [0.5, 0.6) is 11.5 Å². The van der Waals surface area contributed by atoms with Crippen LogP contribution in [0.2, 0.25) is 5.02 Å². The summed E-state index contributed by atoms with van der Waals surface area (Å²) in [6, 6.07) is 2.99. The lowest BCUT2D eigenvalue weighted by Crippen LogP contribution is -2.31. The lowest BCUT2D eigenvalue weighted by atomic mass is 10.1. The van der Waals surface area contributed by atoms with Crippen molar-refractivity contribution >= 4 is 29.6 Å². The van der Waals surface area contributed by atoms with Crippen molar-refractivity contribution in [3.63, 3.8) is 0 Å². The Morgan fingerprint density at radius 1 is 1.32 bits per heavy atom. The average molecular weight is 367 g/mol. The van der Waals surface area contributed by atoms with E-state index in [9.17, 15) is 9.59 Å². The van der Waals surface area contributed by atoms with Crippen molar-refractivity contribution in [2.24, 2.45) is 0 Å². The molecule has 1 N–H and O–H groups in total. The summed E-state index contributed by atoms with van der Waals surface area (Å²) in [4.78, 5) is 25.3. The molecule has 0 bridgehead atoms. The number of methoxy groups -OCH3 is 1. The molecule has 2 rings (SSSR count). The molecule has 6 nitrogen and oxygen atoms in total. The predicted octanol–water partition coefficient (Wildman–Crippen LogP) is 3.83. The Morgan fingerprint density at radius 3 is 2.64 bits per heavy atom. The van der Waals surface area contributed by atoms with Gasteiger partial charge in [-0.2, -0.15) is 0 Å². The van der Waals surface area contributed by atoms with Gasteiger partial charge in [-0.3, -0.25) is 9.69 Å². The fraction of sp³-hybridized carbons (Fsp3) is 0.444. The van der Waals surface area contributed by atoms with E-state index in [2.05, 4.69) is 5.32 Å². The zero-order chi connectivity index (χ0) is 18.6. The molecule has 0 saturated carbocycles. The number of carbonyl (C=O) groups is 2. The molecule has 25 heavy (non-hydrogen) atoms. The number of carbonyl (C=O) groups excluding carboxylic acids is 2. The summed E-state index contributed by atoms with van der Waals surface area (Å²) in [7, 11) is 1.53. The van der Waals surface area contributed by atoms with Crippen LogP contribution in [0.25, 0.3) is 6.08 Å². The van der Waals surface area contributed by atoms with Gasteiger partial charge in [-0.25, -0.2) is 4.79 Å². The maximum atomic E-state index is 12.3. The van der Waals surface area contributed by atoms with Gasteiger partial charge in [-0.1, -0.05) is 25.4 Å². The van der Waals surface area contributed by atoms with Crippen molar-refractivity contribution in [2.75, 3.05) is 13.7 Å². The highest BCUT2D eigenvalue weighted by atomic mass is 35.5. The molecular weight excluding hydrogens is 344 g/mol. The summed E-state index contributed by atoms with van der Waals surface area (Å²) in [6.45, 7) is 6.25. The number of nitrogens with one attached hydrogen (secondary N) is 1. The van der Waals surface area contributed by atoms with Crippen molar-refractivity contribution in [3.8, 4) is 11.5 Å². The quantitative estimate of drug-likeness (QED) is 0.588. The fourth-order valence-electron chi connectivity index (χ4n) is 2.39. The molecule has 7 heteroatoms. The molecule has 1 aromatic carbocycles. The number of halogens is 1. The summed E-state index contributed by atoms with van der Waals surface area (Å²) in [5.74, 6) is 0.596. The van der Waals surface area contributed by atoms with Crippen LogP contribution in [0.1, 0.15) is 39.2 Å². The summed E-state index contributed by atoms with van der Waals surface area (Å²) < 4.78 is 11.2. The SMILES string of the molecule is CCCN1C(=O)N/C(=C/c2cc(Cl)c(O[C@H](C)CC)c(OC)c2)C1=O. The second-order valence-electron chi connectivity index (χ2n) is 5.82. The number of amides is 3. The summed E-state index contributed by atoms with van der Waals surface area (Å²) in [5.41, 5.74) is 0.854.